The highest BCUT2D eigenvalue weighted by atomic mass is 32.2. The molecule has 9 N–H and O–H groups in total. The second-order valence-corrected chi connectivity index (χ2v) is 20.4. The Morgan fingerprint density at radius 1 is 0.407 bits per heavy atom. The molecule has 0 saturated heterocycles. The summed E-state index contributed by atoms with van der Waals surface area (Å²) in [7, 11) is -3.71. The minimum atomic E-state index is -4.72. The molecule has 0 aromatic heterocycles. The lowest BCUT2D eigenvalue weighted by atomic mass is 10.0. The summed E-state index contributed by atoms with van der Waals surface area (Å²) in [6.45, 7) is 8.00. The first-order chi connectivity index (χ1) is 41.4. The van der Waals surface area contributed by atoms with Gasteiger partial charge in [0.1, 0.15) is 32.5 Å². The van der Waals surface area contributed by atoms with Crippen LogP contribution in [0.5, 0.6) is 17.2 Å². The van der Waals surface area contributed by atoms with Gasteiger partial charge in [0.25, 0.3) is 20.2 Å². The predicted molar refractivity (Wildman–Crippen MR) is 335 cm³/mol. The second-order valence-electron chi connectivity index (χ2n) is 16.2. The molecule has 0 unspecified atom stereocenters. The number of hydrogen-bond donors (Lipinski definition) is 8. The van der Waals surface area contributed by atoms with Gasteiger partial charge in [-0.05, 0) is 56.6 Å². The molecule has 28 heteroatoms. The Hall–Kier alpha value is -8.62. The lowest BCUT2D eigenvalue weighted by molar-refractivity contribution is -0.432. The Kier molecular flexibility index (Phi) is 28.4. The molecule has 0 radical (unpaired) electrons. The average molecular weight is 1250 g/mol. The van der Waals surface area contributed by atoms with E-state index in [1.54, 1.807) is 36.4 Å². The van der Waals surface area contributed by atoms with Crippen molar-refractivity contribution in [2.24, 2.45) is 40.9 Å². The van der Waals surface area contributed by atoms with E-state index >= 15 is 0 Å². The first-order valence-corrected chi connectivity index (χ1v) is 29.7. The minimum absolute atomic E-state index is 0.00254. The lowest BCUT2D eigenvalue weighted by Crippen LogP contribution is -2.02. The van der Waals surface area contributed by atoms with Gasteiger partial charge in [-0.3, -0.25) is 9.11 Å². The van der Waals surface area contributed by atoms with Crippen molar-refractivity contribution < 1.29 is 70.5 Å². The summed E-state index contributed by atoms with van der Waals surface area (Å²) in [5.74, 6) is -0.873. The third-order valence-electron chi connectivity index (χ3n) is 11.2. The monoisotopic (exact) mass is 1250 g/mol. The van der Waals surface area contributed by atoms with Crippen LogP contribution in [0.25, 0.3) is 53.9 Å². The number of aromatic hydroxyl groups is 3. The molecule has 0 bridgehead atoms. The smallest absolute Gasteiger partial charge is 0.296 e. The maximum atomic E-state index is 11.8. The van der Waals surface area contributed by atoms with E-state index in [4.69, 9.17) is 20.8 Å². The van der Waals surface area contributed by atoms with Crippen LogP contribution in [0, 0.1) is 0 Å². The minimum Gasteiger partial charge on any atom is -0.505 e. The van der Waals surface area contributed by atoms with Crippen LogP contribution in [0.15, 0.2) is 230 Å². The third-order valence-corrected chi connectivity index (χ3v) is 14.2. The number of rotatable bonds is 12. The van der Waals surface area contributed by atoms with Gasteiger partial charge in [0.15, 0.2) is 17.2 Å². The van der Waals surface area contributed by atoms with Crippen molar-refractivity contribution >= 4 is 127 Å². The number of azo groups is 4. The highest BCUT2D eigenvalue weighted by Crippen LogP contribution is 2.50. The van der Waals surface area contributed by atoms with Crippen LogP contribution in [0.1, 0.15) is 27.7 Å². The van der Waals surface area contributed by atoms with Crippen molar-refractivity contribution in [1.82, 2.24) is 0 Å². The number of nitrogen functional groups attached to an aromatic ring is 1. The molecular weight excluding hydrogens is 1190 g/mol. The van der Waals surface area contributed by atoms with Crippen LogP contribution in [0.4, 0.5) is 28.4 Å². The Morgan fingerprint density at radius 3 is 1.10 bits per heavy atom. The number of benzene rings is 10. The summed E-state index contributed by atoms with van der Waals surface area (Å²) in [6.07, 6.45) is 0. The Morgan fingerprint density at radius 2 is 0.733 bits per heavy atom. The summed E-state index contributed by atoms with van der Waals surface area (Å²) in [6, 6.07) is 52.5. The molecule has 0 atom stereocenters. The van der Waals surface area contributed by atoms with E-state index in [9.17, 15) is 36.7 Å². The van der Waals surface area contributed by atoms with Crippen molar-refractivity contribution in [2.45, 2.75) is 47.3 Å². The summed E-state index contributed by atoms with van der Waals surface area (Å²) in [4.78, 5) is -0.551. The fourth-order valence-electron chi connectivity index (χ4n) is 7.78. The zero-order valence-electron chi connectivity index (χ0n) is 47.4. The van der Waals surface area contributed by atoms with Gasteiger partial charge in [-0.1, -0.05) is 183 Å². The molecule has 0 heterocycles. The molecule has 0 spiro atoms. The van der Waals surface area contributed by atoms with Crippen molar-refractivity contribution in [3.8, 4) is 17.2 Å². The van der Waals surface area contributed by atoms with Crippen LogP contribution < -0.4 is 5.73 Å². The molecule has 0 aliphatic carbocycles. The SMILES string of the molecule is CC.CC.CN=Nc1c(S(=O)(=O)O)cc2ccccc2c1O.CN=Nc1c(SOOO)cc2ccccc2c1O.CN=Nc1cc(S(=O)(=O)O)c2cc(SOOO)c(N=NC)c(O)c2c1N.c1ccc2ccccc2c1.c1ccc2ccccc2c1. The molecular formula is C58H61N9O15S4. The number of nitrogens with zero attached hydrogens (tertiary/aromatic N) is 8. The maximum Gasteiger partial charge on any atom is 0.296 e. The summed E-state index contributed by atoms with van der Waals surface area (Å²) in [5.41, 5.74) is 5.64. The van der Waals surface area contributed by atoms with E-state index < -0.39 is 35.8 Å². The molecule has 24 nitrogen and oxygen atoms in total. The molecule has 0 saturated carbocycles. The number of phenols is 3. The number of hydrogen-bond acceptors (Lipinski definition) is 24. The molecule has 452 valence electrons. The topological polar surface area (TPSA) is 372 Å². The zero-order valence-corrected chi connectivity index (χ0v) is 50.6. The van der Waals surface area contributed by atoms with Crippen molar-refractivity contribution in [1.29, 1.82) is 0 Å². The second kappa shape index (κ2) is 35.0. The van der Waals surface area contributed by atoms with Gasteiger partial charge in [-0.25, -0.2) is 10.5 Å². The standard InChI is InChI=1S/C12H13N5O7S2.2C11H10N2O4S.2C10H8.2C2H6/c1-14-16-6-4-8(26(20,21)22)5-3-7(25-24-23-19)11(17-15-2)12(18)9(5)10(6)13;1-12-13-10-9(18(15,16)17)6-7-4-2-3-5-8(7)11(10)14;1-12-13-10-9(18-17-16-15)6-7-4-2-3-5-8(7)11(10)14;2*1-2-6-10-8-4-3-7-9(10)5-1;2*1-2/h3-4,18-19H,13H2,1-2H3,(H,20,21,22);2-6,14H,1H3,(H,15,16,17);2-6,14-15H,1H3;2*1-8H;2*1-2H3. The van der Waals surface area contributed by atoms with Gasteiger partial charge >= 0.3 is 0 Å². The molecule has 10 rings (SSSR count). The number of phenolic OH excluding ortho intramolecular Hbond substituents is 3. The van der Waals surface area contributed by atoms with E-state index in [1.807, 2.05) is 45.9 Å². The molecule has 10 aromatic rings. The predicted octanol–water partition coefficient (Wildman–Crippen LogP) is 17.2. The maximum absolute atomic E-state index is 11.8. The van der Waals surface area contributed by atoms with Gasteiger partial charge in [-0.15, -0.1) is 8.67 Å². The van der Waals surface area contributed by atoms with Crippen LogP contribution in [0.3, 0.4) is 0 Å². The number of anilines is 1. The highest BCUT2D eigenvalue weighted by molar-refractivity contribution is 7.95. The van der Waals surface area contributed by atoms with Gasteiger partial charge < -0.3 is 21.1 Å². The average Bonchev–Trinajstić information content (AvgIpc) is 0.924. The third kappa shape index (κ3) is 18.7. The number of nitrogens with two attached hydrogens (primary N) is 1. The molecule has 10 aromatic carbocycles. The fraction of sp³-hybridized carbons (Fsp3) is 0.138. The van der Waals surface area contributed by atoms with Crippen LogP contribution >= 0.6 is 24.1 Å². The first kappa shape index (κ1) is 69.9. The van der Waals surface area contributed by atoms with E-state index in [2.05, 4.69) is 157 Å². The van der Waals surface area contributed by atoms with Crippen LogP contribution in [0.2, 0.25) is 0 Å². The summed E-state index contributed by atoms with van der Waals surface area (Å²) >= 11 is 1.14. The van der Waals surface area contributed by atoms with Crippen molar-refractivity contribution in [3.63, 3.8) is 0 Å². The van der Waals surface area contributed by atoms with Gasteiger partial charge in [-0.2, -0.15) is 57.7 Å². The van der Waals surface area contributed by atoms with E-state index in [0.29, 0.717) is 33.1 Å². The van der Waals surface area contributed by atoms with Crippen LogP contribution in [-0.2, 0) is 39.0 Å². The Bertz CT molecular complexity index is 4040. The lowest BCUT2D eigenvalue weighted by Gasteiger charge is -2.14. The van der Waals surface area contributed by atoms with Gasteiger partial charge in [0.05, 0.1) is 45.0 Å². The quantitative estimate of drug-likeness (QED) is 0.0141. The molecule has 0 aliphatic heterocycles. The van der Waals surface area contributed by atoms with Crippen molar-refractivity contribution in [2.75, 3.05) is 33.9 Å². The molecule has 0 aliphatic rings. The first-order valence-electron chi connectivity index (χ1n) is 25.3. The van der Waals surface area contributed by atoms with Crippen LogP contribution in [-0.4, -0.2) is 80.0 Å². The molecule has 86 heavy (non-hydrogen) atoms. The highest BCUT2D eigenvalue weighted by Gasteiger charge is 2.26. The van der Waals surface area contributed by atoms with E-state index in [-0.39, 0.29) is 55.6 Å². The largest absolute Gasteiger partial charge is 0.505 e. The Labute approximate surface area is 503 Å². The fourth-order valence-corrected chi connectivity index (χ4v) is 10.1. The number of fused-ring (bicyclic) bond motifs is 5. The van der Waals surface area contributed by atoms with Gasteiger partial charge in [0.2, 0.25) is 0 Å². The molecule has 0 amide bonds. The zero-order chi connectivity index (χ0) is 63.4. The molecule has 0 fully saturated rings. The summed E-state index contributed by atoms with van der Waals surface area (Å²) < 4.78 is 73.4. The normalized spacial score (nSPS) is 11.3. The van der Waals surface area contributed by atoms with E-state index in [0.717, 1.165) is 23.5 Å². The van der Waals surface area contributed by atoms with Gasteiger partial charge in [0, 0.05) is 44.3 Å². The van der Waals surface area contributed by atoms with Crippen molar-refractivity contribution in [3.05, 3.63) is 170 Å². The Balaban J connectivity index is 0.000000235. The summed E-state index contributed by atoms with van der Waals surface area (Å²) in [5, 5.41) is 90.5. The van der Waals surface area contributed by atoms with E-state index in [1.165, 1.54) is 61.9 Å².